The molecule has 2 heterocycles. The SMILES string of the molecule is CCCOc1ccc(-c2csc(NC(=O)c3cccc(S(=O)(=O)N4CCCC4)c3)n2)cc1. The zero-order chi connectivity index (χ0) is 22.6. The molecule has 1 aliphatic heterocycles. The van der Waals surface area contributed by atoms with E-state index in [0.717, 1.165) is 36.3 Å². The molecule has 0 unspecified atom stereocenters. The van der Waals surface area contributed by atoms with Gasteiger partial charge in [-0.05, 0) is 61.7 Å². The topological polar surface area (TPSA) is 88.6 Å². The zero-order valence-corrected chi connectivity index (χ0v) is 19.4. The van der Waals surface area contributed by atoms with Crippen molar-refractivity contribution in [3.8, 4) is 17.0 Å². The van der Waals surface area contributed by atoms with Crippen molar-refractivity contribution in [2.75, 3.05) is 25.0 Å². The standard InChI is InChI=1S/C23H25N3O4S2/c1-2-14-30-19-10-8-17(9-11-19)21-16-31-23(24-21)25-22(27)18-6-5-7-20(15-18)32(28,29)26-12-3-4-13-26/h5-11,15-16H,2-4,12-14H2,1H3,(H,24,25,27). The van der Waals surface area contributed by atoms with Crippen molar-refractivity contribution < 1.29 is 17.9 Å². The van der Waals surface area contributed by atoms with Gasteiger partial charge in [-0.15, -0.1) is 11.3 Å². The van der Waals surface area contributed by atoms with E-state index in [1.54, 1.807) is 12.1 Å². The molecule has 7 nitrogen and oxygen atoms in total. The molecular weight excluding hydrogens is 446 g/mol. The Morgan fingerprint density at radius 3 is 2.62 bits per heavy atom. The Morgan fingerprint density at radius 2 is 1.91 bits per heavy atom. The summed E-state index contributed by atoms with van der Waals surface area (Å²) in [5.41, 5.74) is 1.95. The van der Waals surface area contributed by atoms with Crippen LogP contribution in [-0.2, 0) is 10.0 Å². The Hall–Kier alpha value is -2.75. The number of ether oxygens (including phenoxy) is 1. The molecule has 0 atom stereocenters. The van der Waals surface area contributed by atoms with Gasteiger partial charge in [-0.3, -0.25) is 10.1 Å². The van der Waals surface area contributed by atoms with Gasteiger partial charge < -0.3 is 4.74 Å². The number of thiazole rings is 1. The molecule has 32 heavy (non-hydrogen) atoms. The molecule has 0 spiro atoms. The first-order valence-electron chi connectivity index (χ1n) is 10.6. The summed E-state index contributed by atoms with van der Waals surface area (Å²) in [4.78, 5) is 17.4. The normalized spacial score (nSPS) is 14.4. The lowest BCUT2D eigenvalue weighted by Crippen LogP contribution is -2.28. The number of anilines is 1. The van der Waals surface area contributed by atoms with Gasteiger partial charge in [-0.1, -0.05) is 13.0 Å². The van der Waals surface area contributed by atoms with Crippen molar-refractivity contribution in [2.24, 2.45) is 0 Å². The van der Waals surface area contributed by atoms with Crippen LogP contribution < -0.4 is 10.1 Å². The van der Waals surface area contributed by atoms with Crippen LogP contribution in [0.25, 0.3) is 11.3 Å². The van der Waals surface area contributed by atoms with Crippen LogP contribution in [0.1, 0.15) is 36.5 Å². The maximum atomic E-state index is 12.8. The monoisotopic (exact) mass is 471 g/mol. The lowest BCUT2D eigenvalue weighted by Gasteiger charge is -2.15. The Labute approximate surface area is 192 Å². The third-order valence-electron chi connectivity index (χ3n) is 5.15. The lowest BCUT2D eigenvalue weighted by atomic mass is 10.2. The molecule has 0 aliphatic carbocycles. The van der Waals surface area contributed by atoms with E-state index in [-0.39, 0.29) is 10.5 Å². The van der Waals surface area contributed by atoms with Crippen LogP contribution in [0.3, 0.4) is 0 Å². The Balaban J connectivity index is 1.45. The largest absolute Gasteiger partial charge is 0.494 e. The second-order valence-corrected chi connectivity index (χ2v) is 10.3. The van der Waals surface area contributed by atoms with E-state index in [2.05, 4.69) is 17.2 Å². The van der Waals surface area contributed by atoms with E-state index >= 15 is 0 Å². The number of amides is 1. The first-order valence-corrected chi connectivity index (χ1v) is 12.9. The van der Waals surface area contributed by atoms with Gasteiger partial charge in [-0.2, -0.15) is 4.31 Å². The van der Waals surface area contributed by atoms with Crippen LogP contribution >= 0.6 is 11.3 Å². The summed E-state index contributed by atoms with van der Waals surface area (Å²) in [6.45, 7) is 3.77. The molecule has 4 rings (SSSR count). The molecule has 0 bridgehead atoms. The number of carbonyl (C=O) groups is 1. The molecule has 1 aromatic heterocycles. The minimum Gasteiger partial charge on any atom is -0.494 e. The van der Waals surface area contributed by atoms with Crippen LogP contribution in [0, 0.1) is 0 Å². The second kappa shape index (κ2) is 9.81. The van der Waals surface area contributed by atoms with Gasteiger partial charge in [0.15, 0.2) is 5.13 Å². The van der Waals surface area contributed by atoms with Gasteiger partial charge >= 0.3 is 0 Å². The maximum absolute atomic E-state index is 12.8. The van der Waals surface area contributed by atoms with Crippen molar-refractivity contribution in [1.29, 1.82) is 0 Å². The van der Waals surface area contributed by atoms with Crippen molar-refractivity contribution in [2.45, 2.75) is 31.1 Å². The van der Waals surface area contributed by atoms with E-state index < -0.39 is 15.9 Å². The number of sulfonamides is 1. The molecule has 1 amide bonds. The molecule has 1 N–H and O–H groups in total. The van der Waals surface area contributed by atoms with Gasteiger partial charge in [0.25, 0.3) is 5.91 Å². The average Bonchev–Trinajstić information content (AvgIpc) is 3.51. The minimum atomic E-state index is -3.58. The predicted octanol–water partition coefficient (Wildman–Crippen LogP) is 4.64. The van der Waals surface area contributed by atoms with Crippen LogP contribution in [0.4, 0.5) is 5.13 Å². The van der Waals surface area contributed by atoms with E-state index in [9.17, 15) is 13.2 Å². The summed E-state index contributed by atoms with van der Waals surface area (Å²) in [6.07, 6.45) is 2.67. The molecule has 9 heteroatoms. The Kier molecular flexibility index (Phi) is 6.88. The summed E-state index contributed by atoms with van der Waals surface area (Å²) in [6, 6.07) is 13.8. The Bertz CT molecular complexity index is 1180. The predicted molar refractivity (Wildman–Crippen MR) is 126 cm³/mol. The first kappa shape index (κ1) is 22.4. The quantitative estimate of drug-likeness (QED) is 0.517. The van der Waals surface area contributed by atoms with Crippen molar-refractivity contribution in [1.82, 2.24) is 9.29 Å². The number of nitrogens with zero attached hydrogens (tertiary/aromatic N) is 2. The average molecular weight is 472 g/mol. The highest BCUT2D eigenvalue weighted by atomic mass is 32.2. The molecule has 1 saturated heterocycles. The number of aromatic nitrogens is 1. The van der Waals surface area contributed by atoms with Crippen LogP contribution in [0.15, 0.2) is 58.8 Å². The summed E-state index contributed by atoms with van der Waals surface area (Å²) in [5.74, 6) is 0.413. The number of rotatable bonds is 8. The number of hydrogen-bond acceptors (Lipinski definition) is 6. The van der Waals surface area contributed by atoms with Crippen LogP contribution in [0.5, 0.6) is 5.75 Å². The number of benzene rings is 2. The highest BCUT2D eigenvalue weighted by Gasteiger charge is 2.27. The molecule has 1 aliphatic rings. The van der Waals surface area contributed by atoms with Gasteiger partial charge in [0.05, 0.1) is 17.2 Å². The minimum absolute atomic E-state index is 0.136. The van der Waals surface area contributed by atoms with E-state index in [0.29, 0.717) is 24.8 Å². The van der Waals surface area contributed by atoms with Crippen LogP contribution in [0.2, 0.25) is 0 Å². The fourth-order valence-corrected chi connectivity index (χ4v) is 5.73. The number of hydrogen-bond donors (Lipinski definition) is 1. The van der Waals surface area contributed by atoms with Crippen LogP contribution in [-0.4, -0.2) is 43.3 Å². The summed E-state index contributed by atoms with van der Waals surface area (Å²) < 4.78 is 32.6. The molecule has 168 valence electrons. The van der Waals surface area contributed by atoms with Gasteiger partial charge in [-0.25, -0.2) is 13.4 Å². The second-order valence-electron chi connectivity index (χ2n) is 7.50. The third kappa shape index (κ3) is 5.01. The third-order valence-corrected chi connectivity index (χ3v) is 7.80. The highest BCUT2D eigenvalue weighted by Crippen LogP contribution is 2.27. The lowest BCUT2D eigenvalue weighted by molar-refractivity contribution is 0.102. The number of carbonyl (C=O) groups excluding carboxylic acids is 1. The van der Waals surface area contributed by atoms with Crippen molar-refractivity contribution >= 4 is 32.4 Å². The van der Waals surface area contributed by atoms with E-state index in [1.807, 2.05) is 29.6 Å². The highest BCUT2D eigenvalue weighted by molar-refractivity contribution is 7.89. The van der Waals surface area contributed by atoms with Gasteiger partial charge in [0.2, 0.25) is 10.0 Å². The Morgan fingerprint density at radius 1 is 1.16 bits per heavy atom. The van der Waals surface area contributed by atoms with Gasteiger partial charge in [0.1, 0.15) is 5.75 Å². The molecule has 0 radical (unpaired) electrons. The fraction of sp³-hybridized carbons (Fsp3) is 0.304. The van der Waals surface area contributed by atoms with E-state index in [4.69, 9.17) is 4.74 Å². The molecule has 3 aromatic rings. The smallest absolute Gasteiger partial charge is 0.257 e. The molecular formula is C23H25N3O4S2. The number of nitrogens with one attached hydrogen (secondary N) is 1. The van der Waals surface area contributed by atoms with Gasteiger partial charge in [0, 0.05) is 29.6 Å². The molecule has 0 saturated carbocycles. The summed E-state index contributed by atoms with van der Waals surface area (Å²) in [5, 5.41) is 5.09. The molecule has 2 aromatic carbocycles. The fourth-order valence-electron chi connectivity index (χ4n) is 3.45. The molecule has 1 fully saturated rings. The van der Waals surface area contributed by atoms with Crippen molar-refractivity contribution in [3.05, 3.63) is 59.5 Å². The summed E-state index contributed by atoms with van der Waals surface area (Å²) in [7, 11) is -3.58. The van der Waals surface area contributed by atoms with E-state index in [1.165, 1.54) is 27.8 Å². The summed E-state index contributed by atoms with van der Waals surface area (Å²) >= 11 is 1.31. The zero-order valence-electron chi connectivity index (χ0n) is 17.8. The van der Waals surface area contributed by atoms with Crippen molar-refractivity contribution in [3.63, 3.8) is 0 Å². The maximum Gasteiger partial charge on any atom is 0.257 e. The first-order chi connectivity index (χ1) is 15.5.